The van der Waals surface area contributed by atoms with Gasteiger partial charge in [-0.25, -0.2) is 9.59 Å². The highest BCUT2D eigenvalue weighted by Gasteiger charge is 2.21. The van der Waals surface area contributed by atoms with E-state index >= 15 is 0 Å². The SMILES string of the molecule is COC(=O)[C@@H](CCSC)NC(=O)c1ccc(CNC(=O)OC(C)(C)C)cc1. The van der Waals surface area contributed by atoms with Crippen molar-refractivity contribution >= 4 is 29.7 Å². The molecule has 0 aromatic heterocycles. The lowest BCUT2D eigenvalue weighted by Crippen LogP contribution is -2.41. The van der Waals surface area contributed by atoms with E-state index in [-0.39, 0.29) is 12.5 Å². The van der Waals surface area contributed by atoms with Crippen LogP contribution in [-0.2, 0) is 20.8 Å². The molecule has 0 aliphatic carbocycles. The number of nitrogens with one attached hydrogen (secondary N) is 2. The maximum atomic E-state index is 12.4. The fourth-order valence-electron chi connectivity index (χ4n) is 2.13. The second-order valence-corrected chi connectivity index (χ2v) is 7.87. The van der Waals surface area contributed by atoms with Gasteiger partial charge in [0.05, 0.1) is 7.11 Å². The van der Waals surface area contributed by atoms with E-state index in [0.29, 0.717) is 12.0 Å². The number of amides is 2. The molecule has 1 atom stereocenters. The molecule has 0 saturated heterocycles. The van der Waals surface area contributed by atoms with E-state index in [0.717, 1.165) is 11.3 Å². The van der Waals surface area contributed by atoms with Gasteiger partial charge in [0.1, 0.15) is 11.6 Å². The molecule has 0 aliphatic rings. The first kappa shape index (κ1) is 22.8. The number of ether oxygens (including phenoxy) is 2. The fourth-order valence-corrected chi connectivity index (χ4v) is 2.60. The zero-order chi connectivity index (χ0) is 20.4. The second kappa shape index (κ2) is 10.8. The van der Waals surface area contributed by atoms with Gasteiger partial charge in [0.2, 0.25) is 0 Å². The van der Waals surface area contributed by atoms with Gasteiger partial charge in [-0.3, -0.25) is 4.79 Å². The summed E-state index contributed by atoms with van der Waals surface area (Å²) in [5.74, 6) is -0.0799. The van der Waals surface area contributed by atoms with E-state index in [1.165, 1.54) is 7.11 Å². The lowest BCUT2D eigenvalue weighted by Gasteiger charge is -2.19. The Morgan fingerprint density at radius 2 is 1.78 bits per heavy atom. The molecule has 0 radical (unpaired) electrons. The van der Waals surface area contributed by atoms with Gasteiger partial charge in [-0.1, -0.05) is 12.1 Å². The molecule has 0 unspecified atom stereocenters. The molecule has 150 valence electrons. The topological polar surface area (TPSA) is 93.7 Å². The molecular weight excluding hydrogens is 368 g/mol. The normalized spacial score (nSPS) is 12.0. The average Bonchev–Trinajstić information content (AvgIpc) is 2.61. The van der Waals surface area contributed by atoms with Crippen LogP contribution in [0.15, 0.2) is 24.3 Å². The van der Waals surface area contributed by atoms with Crippen LogP contribution in [0, 0.1) is 0 Å². The maximum absolute atomic E-state index is 12.4. The zero-order valence-corrected chi connectivity index (χ0v) is 17.3. The molecule has 0 spiro atoms. The summed E-state index contributed by atoms with van der Waals surface area (Å²) in [5.41, 5.74) is 0.691. The van der Waals surface area contributed by atoms with Gasteiger partial charge in [0.25, 0.3) is 5.91 Å². The van der Waals surface area contributed by atoms with Crippen molar-refractivity contribution in [3.63, 3.8) is 0 Å². The number of thioether (sulfide) groups is 1. The molecule has 1 rings (SSSR count). The van der Waals surface area contributed by atoms with Crippen molar-refractivity contribution in [2.24, 2.45) is 0 Å². The molecule has 0 bridgehead atoms. The number of hydrogen-bond acceptors (Lipinski definition) is 6. The molecule has 27 heavy (non-hydrogen) atoms. The number of carbonyl (C=O) groups is 3. The van der Waals surface area contributed by atoms with E-state index in [9.17, 15) is 14.4 Å². The Bertz CT molecular complexity index is 640. The van der Waals surface area contributed by atoms with Crippen LogP contribution < -0.4 is 10.6 Å². The first-order valence-corrected chi connectivity index (χ1v) is 9.99. The van der Waals surface area contributed by atoms with Crippen LogP contribution in [0.5, 0.6) is 0 Å². The lowest BCUT2D eigenvalue weighted by atomic mass is 10.1. The maximum Gasteiger partial charge on any atom is 0.407 e. The number of carbonyl (C=O) groups excluding carboxylic acids is 3. The number of methoxy groups -OCH3 is 1. The predicted octanol–water partition coefficient (Wildman–Crippen LogP) is 2.74. The van der Waals surface area contributed by atoms with E-state index in [1.54, 1.807) is 56.8 Å². The van der Waals surface area contributed by atoms with Crippen molar-refractivity contribution in [3.8, 4) is 0 Å². The minimum absolute atomic E-state index is 0.287. The minimum atomic E-state index is -0.677. The van der Waals surface area contributed by atoms with Gasteiger partial charge in [-0.2, -0.15) is 11.8 Å². The fraction of sp³-hybridized carbons (Fsp3) is 0.526. The first-order valence-electron chi connectivity index (χ1n) is 8.59. The van der Waals surface area contributed by atoms with Gasteiger partial charge >= 0.3 is 12.1 Å². The van der Waals surface area contributed by atoms with E-state index < -0.39 is 23.7 Å². The molecule has 1 aromatic rings. The zero-order valence-electron chi connectivity index (χ0n) is 16.5. The molecule has 8 heteroatoms. The summed E-state index contributed by atoms with van der Waals surface area (Å²) in [4.78, 5) is 35.8. The molecule has 2 N–H and O–H groups in total. The Hall–Kier alpha value is -2.22. The summed E-state index contributed by atoms with van der Waals surface area (Å²) in [6.07, 6.45) is 1.93. The minimum Gasteiger partial charge on any atom is -0.467 e. The Morgan fingerprint density at radius 3 is 2.30 bits per heavy atom. The van der Waals surface area contributed by atoms with Crippen LogP contribution in [-0.4, -0.2) is 48.7 Å². The van der Waals surface area contributed by atoms with Gasteiger partial charge in [-0.05, 0) is 56.9 Å². The number of rotatable bonds is 8. The van der Waals surface area contributed by atoms with Gasteiger partial charge < -0.3 is 20.1 Å². The van der Waals surface area contributed by atoms with Crippen molar-refractivity contribution in [2.45, 2.75) is 45.4 Å². The molecular formula is C19H28N2O5S. The standard InChI is InChI=1S/C19H28N2O5S/c1-19(2,3)26-18(24)20-12-13-6-8-14(9-7-13)16(22)21-15(10-11-27-5)17(23)25-4/h6-9,15H,10-12H2,1-5H3,(H,20,24)(H,21,22)/t15-/m1/s1. The highest BCUT2D eigenvalue weighted by molar-refractivity contribution is 7.98. The third kappa shape index (κ3) is 8.81. The van der Waals surface area contributed by atoms with Gasteiger partial charge in [0, 0.05) is 12.1 Å². The molecule has 2 amide bonds. The van der Waals surface area contributed by atoms with Crippen molar-refractivity contribution in [1.82, 2.24) is 10.6 Å². The van der Waals surface area contributed by atoms with Crippen molar-refractivity contribution < 1.29 is 23.9 Å². The first-order chi connectivity index (χ1) is 12.7. The third-order valence-corrected chi connectivity index (χ3v) is 4.10. The Labute approximate surface area is 164 Å². The van der Waals surface area contributed by atoms with Crippen molar-refractivity contribution in [2.75, 3.05) is 19.1 Å². The number of hydrogen-bond donors (Lipinski definition) is 2. The molecule has 1 aromatic carbocycles. The summed E-state index contributed by atoms with van der Waals surface area (Å²) in [7, 11) is 1.30. The third-order valence-electron chi connectivity index (χ3n) is 3.45. The van der Waals surface area contributed by atoms with Crippen molar-refractivity contribution in [3.05, 3.63) is 35.4 Å². The van der Waals surface area contributed by atoms with Crippen molar-refractivity contribution in [1.29, 1.82) is 0 Å². The number of benzene rings is 1. The van der Waals surface area contributed by atoms with Gasteiger partial charge in [0.15, 0.2) is 0 Å². The second-order valence-electron chi connectivity index (χ2n) is 6.88. The molecule has 0 heterocycles. The summed E-state index contributed by atoms with van der Waals surface area (Å²) in [5, 5.41) is 5.35. The molecule has 0 fully saturated rings. The summed E-state index contributed by atoms with van der Waals surface area (Å²) in [6, 6.07) is 6.08. The monoisotopic (exact) mass is 396 g/mol. The van der Waals surface area contributed by atoms with Crippen LogP contribution in [0.4, 0.5) is 4.79 Å². The quantitative estimate of drug-likeness (QED) is 0.656. The van der Waals surface area contributed by atoms with Crippen LogP contribution in [0.25, 0.3) is 0 Å². The summed E-state index contributed by atoms with van der Waals surface area (Å²) < 4.78 is 9.91. The molecule has 0 aliphatic heterocycles. The Kier molecular flexibility index (Phi) is 9.14. The number of esters is 1. The smallest absolute Gasteiger partial charge is 0.407 e. The van der Waals surface area contributed by atoms with Crippen LogP contribution in [0.1, 0.15) is 43.1 Å². The molecule has 7 nitrogen and oxygen atoms in total. The van der Waals surface area contributed by atoms with Crippen LogP contribution >= 0.6 is 11.8 Å². The lowest BCUT2D eigenvalue weighted by molar-refractivity contribution is -0.142. The van der Waals surface area contributed by atoms with Crippen LogP contribution in [0.3, 0.4) is 0 Å². The van der Waals surface area contributed by atoms with E-state index in [1.807, 2.05) is 6.26 Å². The predicted molar refractivity (Wildman–Crippen MR) is 106 cm³/mol. The highest BCUT2D eigenvalue weighted by atomic mass is 32.2. The highest BCUT2D eigenvalue weighted by Crippen LogP contribution is 2.09. The Balaban J connectivity index is 2.62. The summed E-state index contributed by atoms with van der Waals surface area (Å²) >= 11 is 1.59. The van der Waals surface area contributed by atoms with E-state index in [2.05, 4.69) is 10.6 Å². The average molecular weight is 397 g/mol. The Morgan fingerprint density at radius 1 is 1.15 bits per heavy atom. The van der Waals surface area contributed by atoms with Crippen LogP contribution in [0.2, 0.25) is 0 Å². The van der Waals surface area contributed by atoms with Gasteiger partial charge in [-0.15, -0.1) is 0 Å². The largest absolute Gasteiger partial charge is 0.467 e. The van der Waals surface area contributed by atoms with E-state index in [4.69, 9.17) is 9.47 Å². The summed E-state index contributed by atoms with van der Waals surface area (Å²) in [6.45, 7) is 5.66. The number of alkyl carbamates (subject to hydrolysis) is 1. The molecule has 0 saturated carbocycles.